The largest absolute Gasteiger partial charge is 0.350 e. The molecule has 1 amide bonds. The molecule has 2 saturated heterocycles. The molecule has 2 aliphatic rings. The van der Waals surface area contributed by atoms with E-state index in [4.69, 9.17) is 21.1 Å². The van der Waals surface area contributed by atoms with Gasteiger partial charge in [-0.2, -0.15) is 0 Å². The fourth-order valence-corrected chi connectivity index (χ4v) is 3.78. The number of carbonyl (C=O) groups excluding carboxylic acids is 1. The number of fused-ring (bicyclic) bond motifs is 1. The monoisotopic (exact) mass is 348 g/mol. The third-order valence-electron chi connectivity index (χ3n) is 4.97. The fourth-order valence-electron chi connectivity index (χ4n) is 3.61. The van der Waals surface area contributed by atoms with Crippen molar-refractivity contribution in [3.05, 3.63) is 35.5 Å². The van der Waals surface area contributed by atoms with E-state index in [-0.39, 0.29) is 12.2 Å². The number of aromatic nitrogens is 1. The number of nitrogens with zero attached hydrogens (tertiary/aromatic N) is 2. The minimum atomic E-state index is -0.0715. The Morgan fingerprint density at radius 1 is 1.17 bits per heavy atom. The van der Waals surface area contributed by atoms with Crippen LogP contribution in [-0.4, -0.2) is 48.0 Å². The predicted molar refractivity (Wildman–Crippen MR) is 91.9 cm³/mol. The van der Waals surface area contributed by atoms with Crippen LogP contribution in [0.25, 0.3) is 10.9 Å². The lowest BCUT2D eigenvalue weighted by atomic mass is 9.96. The summed E-state index contributed by atoms with van der Waals surface area (Å²) < 4.78 is 13.2. The van der Waals surface area contributed by atoms with Crippen molar-refractivity contribution >= 4 is 28.4 Å². The van der Waals surface area contributed by atoms with E-state index in [9.17, 15) is 4.79 Å². The zero-order chi connectivity index (χ0) is 16.5. The first-order valence-corrected chi connectivity index (χ1v) is 8.84. The normalized spacial score (nSPS) is 20.1. The topological polar surface area (TPSA) is 43.7 Å². The Bertz CT molecular complexity index is 731. The van der Waals surface area contributed by atoms with Gasteiger partial charge in [-0.1, -0.05) is 17.7 Å². The highest BCUT2D eigenvalue weighted by Crippen LogP contribution is 2.26. The van der Waals surface area contributed by atoms with Crippen LogP contribution in [0.3, 0.4) is 0 Å². The Balaban J connectivity index is 1.38. The number of ether oxygens (including phenoxy) is 2. The highest BCUT2D eigenvalue weighted by atomic mass is 35.5. The maximum Gasteiger partial charge on any atom is 0.242 e. The lowest BCUT2D eigenvalue weighted by molar-refractivity contribution is -0.137. The van der Waals surface area contributed by atoms with Crippen molar-refractivity contribution in [2.75, 3.05) is 26.3 Å². The Hall–Kier alpha value is -1.56. The van der Waals surface area contributed by atoms with Gasteiger partial charge in [0, 0.05) is 35.7 Å². The zero-order valence-electron chi connectivity index (χ0n) is 13.5. The molecular weight excluding hydrogens is 328 g/mol. The van der Waals surface area contributed by atoms with Crippen LogP contribution >= 0.6 is 11.6 Å². The van der Waals surface area contributed by atoms with Crippen molar-refractivity contribution in [1.82, 2.24) is 9.47 Å². The quantitative estimate of drug-likeness (QED) is 0.856. The van der Waals surface area contributed by atoms with Crippen LogP contribution in [0.1, 0.15) is 12.8 Å². The van der Waals surface area contributed by atoms with E-state index < -0.39 is 0 Å². The number of likely N-dealkylation sites (tertiary alicyclic amines) is 1. The third kappa shape index (κ3) is 3.16. The van der Waals surface area contributed by atoms with Crippen LogP contribution in [0.15, 0.2) is 30.5 Å². The van der Waals surface area contributed by atoms with Crippen molar-refractivity contribution in [2.24, 2.45) is 5.92 Å². The molecule has 2 aromatic rings. The number of rotatable bonds is 3. The summed E-state index contributed by atoms with van der Waals surface area (Å²) >= 11 is 6.08. The van der Waals surface area contributed by atoms with Crippen molar-refractivity contribution in [3.63, 3.8) is 0 Å². The van der Waals surface area contributed by atoms with E-state index in [0.717, 1.165) is 36.8 Å². The molecule has 3 heterocycles. The van der Waals surface area contributed by atoms with Crippen LogP contribution in [0, 0.1) is 5.92 Å². The van der Waals surface area contributed by atoms with E-state index in [2.05, 4.69) is 0 Å². The molecule has 0 atom stereocenters. The highest BCUT2D eigenvalue weighted by molar-refractivity contribution is 6.31. The lowest BCUT2D eigenvalue weighted by Crippen LogP contribution is -2.42. The minimum absolute atomic E-state index is 0.0715. The number of hydrogen-bond donors (Lipinski definition) is 0. The molecule has 0 N–H and O–H groups in total. The maximum atomic E-state index is 12.6. The summed E-state index contributed by atoms with van der Waals surface area (Å²) in [5.74, 6) is 0.557. The molecule has 24 heavy (non-hydrogen) atoms. The van der Waals surface area contributed by atoms with E-state index in [1.54, 1.807) is 0 Å². The summed E-state index contributed by atoms with van der Waals surface area (Å²) in [4.78, 5) is 14.6. The first-order valence-electron chi connectivity index (χ1n) is 8.46. The molecule has 128 valence electrons. The Morgan fingerprint density at radius 3 is 2.67 bits per heavy atom. The van der Waals surface area contributed by atoms with E-state index in [0.29, 0.717) is 30.7 Å². The summed E-state index contributed by atoms with van der Waals surface area (Å²) in [5.41, 5.74) is 0.999. The molecule has 0 unspecified atom stereocenters. The van der Waals surface area contributed by atoms with E-state index in [1.807, 2.05) is 39.9 Å². The highest BCUT2D eigenvalue weighted by Gasteiger charge is 2.31. The van der Waals surface area contributed by atoms with E-state index in [1.165, 1.54) is 0 Å². The Morgan fingerprint density at radius 2 is 1.92 bits per heavy atom. The van der Waals surface area contributed by atoms with Gasteiger partial charge >= 0.3 is 0 Å². The number of benzene rings is 1. The second kappa shape index (κ2) is 6.75. The Kier molecular flexibility index (Phi) is 4.48. The molecule has 2 fully saturated rings. The molecular formula is C18H21ClN2O3. The first kappa shape index (κ1) is 15.9. The SMILES string of the molecule is O=C(Cn1ccc2ccc(Cl)cc21)N1CCC(C2OCCO2)CC1. The fraction of sp³-hybridized carbons (Fsp3) is 0.500. The van der Waals surface area contributed by atoms with Gasteiger partial charge in [0.15, 0.2) is 6.29 Å². The molecule has 4 rings (SSSR count). The summed E-state index contributed by atoms with van der Waals surface area (Å²) in [7, 11) is 0. The second-order valence-electron chi connectivity index (χ2n) is 6.47. The van der Waals surface area contributed by atoms with Crippen molar-refractivity contribution in [1.29, 1.82) is 0 Å². The molecule has 0 bridgehead atoms. The van der Waals surface area contributed by atoms with Gasteiger partial charge in [-0.15, -0.1) is 0 Å². The molecule has 2 aliphatic heterocycles. The number of halogens is 1. The van der Waals surface area contributed by atoms with Gasteiger partial charge in [-0.3, -0.25) is 4.79 Å². The average molecular weight is 349 g/mol. The molecule has 1 aromatic carbocycles. The number of hydrogen-bond acceptors (Lipinski definition) is 3. The summed E-state index contributed by atoms with van der Waals surface area (Å²) in [6.07, 6.45) is 3.76. The van der Waals surface area contributed by atoms with Gasteiger partial charge in [0.25, 0.3) is 0 Å². The molecule has 1 aromatic heterocycles. The minimum Gasteiger partial charge on any atom is -0.350 e. The first-order chi connectivity index (χ1) is 11.7. The van der Waals surface area contributed by atoms with Gasteiger partial charge in [0.2, 0.25) is 5.91 Å². The van der Waals surface area contributed by atoms with E-state index >= 15 is 0 Å². The molecule has 0 saturated carbocycles. The zero-order valence-corrected chi connectivity index (χ0v) is 14.2. The van der Waals surface area contributed by atoms with Crippen LogP contribution < -0.4 is 0 Å². The third-order valence-corrected chi connectivity index (χ3v) is 5.20. The Labute approximate surface area is 146 Å². The van der Waals surface area contributed by atoms with Crippen LogP contribution in [0.5, 0.6) is 0 Å². The lowest BCUT2D eigenvalue weighted by Gasteiger charge is -2.34. The van der Waals surface area contributed by atoms with Gasteiger partial charge in [0.1, 0.15) is 6.54 Å². The maximum absolute atomic E-state index is 12.6. The van der Waals surface area contributed by atoms with Crippen LogP contribution in [0.4, 0.5) is 0 Å². The second-order valence-corrected chi connectivity index (χ2v) is 6.91. The smallest absolute Gasteiger partial charge is 0.242 e. The molecule has 0 radical (unpaired) electrons. The molecule has 5 nitrogen and oxygen atoms in total. The average Bonchev–Trinajstić information content (AvgIpc) is 3.25. The van der Waals surface area contributed by atoms with Gasteiger partial charge in [0.05, 0.1) is 13.2 Å². The van der Waals surface area contributed by atoms with Gasteiger partial charge in [-0.25, -0.2) is 0 Å². The standard InChI is InChI=1S/C18H21ClN2O3/c19-15-2-1-13-3-8-21(16(13)11-15)12-17(22)20-6-4-14(5-7-20)18-23-9-10-24-18/h1-3,8,11,14,18H,4-7,9-10,12H2. The van der Waals surface area contributed by atoms with Crippen molar-refractivity contribution in [2.45, 2.75) is 25.7 Å². The van der Waals surface area contributed by atoms with Gasteiger partial charge < -0.3 is 18.9 Å². The summed E-state index contributed by atoms with van der Waals surface area (Å²) in [6, 6.07) is 7.77. The van der Waals surface area contributed by atoms with Gasteiger partial charge in [-0.05, 0) is 36.4 Å². The molecule has 6 heteroatoms. The predicted octanol–water partition coefficient (Wildman–Crippen LogP) is 2.91. The summed E-state index contributed by atoms with van der Waals surface area (Å²) in [6.45, 7) is 3.27. The molecule has 0 spiro atoms. The number of amides is 1. The summed E-state index contributed by atoms with van der Waals surface area (Å²) in [5, 5.41) is 1.79. The number of piperidine rings is 1. The van der Waals surface area contributed by atoms with Crippen LogP contribution in [-0.2, 0) is 20.8 Å². The van der Waals surface area contributed by atoms with Crippen molar-refractivity contribution in [3.8, 4) is 0 Å². The molecule has 0 aliphatic carbocycles. The van der Waals surface area contributed by atoms with Crippen LogP contribution in [0.2, 0.25) is 5.02 Å². The van der Waals surface area contributed by atoms with Crippen molar-refractivity contribution < 1.29 is 14.3 Å². The number of carbonyl (C=O) groups is 1.